The Labute approximate surface area is 135 Å². The van der Waals surface area contributed by atoms with E-state index in [0.717, 1.165) is 37.4 Å². The van der Waals surface area contributed by atoms with Crippen molar-refractivity contribution in [3.8, 4) is 0 Å². The molecule has 1 N–H and O–H groups in total. The largest absolute Gasteiger partial charge is 0.387 e. The lowest BCUT2D eigenvalue weighted by Gasteiger charge is -2.28. The van der Waals surface area contributed by atoms with Crippen molar-refractivity contribution in [2.45, 2.75) is 44.1 Å². The summed E-state index contributed by atoms with van der Waals surface area (Å²) < 4.78 is 0. The molecule has 4 nitrogen and oxygen atoms in total. The van der Waals surface area contributed by atoms with Gasteiger partial charge < -0.3 is 14.9 Å². The normalized spacial score (nSPS) is 28.5. The van der Waals surface area contributed by atoms with E-state index < -0.39 is 5.60 Å². The third-order valence-electron chi connectivity index (χ3n) is 5.29. The third-order valence-corrected chi connectivity index (χ3v) is 6.52. The molecule has 3 heterocycles. The topological polar surface area (TPSA) is 43.8 Å². The molecule has 2 aliphatic heterocycles. The Kier molecular flexibility index (Phi) is 3.75. The Hall–Kier alpha value is -0.910. The van der Waals surface area contributed by atoms with E-state index in [1.807, 2.05) is 4.90 Å². The average molecular weight is 320 g/mol. The predicted octanol–water partition coefficient (Wildman–Crippen LogP) is 1.91. The zero-order valence-electron chi connectivity index (χ0n) is 13.0. The predicted molar refractivity (Wildman–Crippen MR) is 87.5 cm³/mol. The molecule has 1 amide bonds. The van der Waals surface area contributed by atoms with Gasteiger partial charge in [0.25, 0.3) is 5.91 Å². The number of carbonyl (C=O) groups is 1. The van der Waals surface area contributed by atoms with Gasteiger partial charge in [0.1, 0.15) is 0 Å². The van der Waals surface area contributed by atoms with E-state index in [-0.39, 0.29) is 5.91 Å². The maximum atomic E-state index is 12.7. The van der Waals surface area contributed by atoms with Crippen LogP contribution in [0.25, 0.3) is 0 Å². The van der Waals surface area contributed by atoms with Crippen LogP contribution in [0.5, 0.6) is 0 Å². The first kappa shape index (κ1) is 14.7. The summed E-state index contributed by atoms with van der Waals surface area (Å²) in [7, 11) is 0. The number of carbonyl (C=O) groups excluding carboxylic acids is 1. The van der Waals surface area contributed by atoms with Crippen molar-refractivity contribution in [3.05, 3.63) is 21.4 Å². The highest BCUT2D eigenvalue weighted by Gasteiger charge is 2.40. The van der Waals surface area contributed by atoms with Crippen LogP contribution < -0.4 is 0 Å². The van der Waals surface area contributed by atoms with Gasteiger partial charge >= 0.3 is 0 Å². The molecule has 2 saturated heterocycles. The highest BCUT2D eigenvalue weighted by atomic mass is 32.1. The first-order valence-corrected chi connectivity index (χ1v) is 9.30. The highest BCUT2D eigenvalue weighted by molar-refractivity contribution is 7.14. The minimum Gasteiger partial charge on any atom is -0.387 e. The molecular formula is C17H24N2O2S. The number of rotatable bonds is 3. The number of likely N-dealkylation sites (tertiary alicyclic amines) is 2. The first-order chi connectivity index (χ1) is 10.6. The van der Waals surface area contributed by atoms with Crippen LogP contribution in [0.3, 0.4) is 0 Å². The molecule has 0 unspecified atom stereocenters. The number of β-amino-alcohol motifs (C(OH)–C–C–N with tert-alkyl or cyclic N) is 1. The van der Waals surface area contributed by atoms with Crippen molar-refractivity contribution in [3.63, 3.8) is 0 Å². The Bertz CT molecular complexity index is 558. The quantitative estimate of drug-likeness (QED) is 0.925. The molecule has 1 aliphatic carbocycles. The molecule has 5 heteroatoms. The first-order valence-electron chi connectivity index (χ1n) is 8.49. The molecule has 4 rings (SSSR count). The van der Waals surface area contributed by atoms with Gasteiger partial charge in [-0.15, -0.1) is 11.3 Å². The SMILES string of the molecule is O=C(c1cc2c(s1)CCC2)N1CC[C@](O)(CN2CCCC2)C1. The lowest BCUT2D eigenvalue weighted by molar-refractivity contribution is 0.0176. The molecule has 1 aromatic heterocycles. The van der Waals surface area contributed by atoms with Crippen LogP contribution in [-0.4, -0.2) is 59.1 Å². The lowest BCUT2D eigenvalue weighted by atomic mass is 10.0. The summed E-state index contributed by atoms with van der Waals surface area (Å²) in [5.41, 5.74) is 0.667. The Balaban J connectivity index is 1.41. The minimum atomic E-state index is -0.708. The van der Waals surface area contributed by atoms with Gasteiger partial charge in [-0.2, -0.15) is 0 Å². The van der Waals surface area contributed by atoms with E-state index in [2.05, 4.69) is 11.0 Å². The average Bonchev–Trinajstić information content (AvgIpc) is 3.20. The lowest BCUT2D eigenvalue weighted by Crippen LogP contribution is -2.44. The number of nitrogens with zero attached hydrogens (tertiary/aromatic N) is 2. The molecule has 1 atom stereocenters. The number of fused-ring (bicyclic) bond motifs is 1. The summed E-state index contributed by atoms with van der Waals surface area (Å²) in [6.45, 7) is 4.08. The van der Waals surface area contributed by atoms with Gasteiger partial charge in [0.15, 0.2) is 0 Å². The van der Waals surface area contributed by atoms with Gasteiger partial charge in [-0.25, -0.2) is 0 Å². The van der Waals surface area contributed by atoms with Crippen molar-refractivity contribution >= 4 is 17.2 Å². The molecule has 0 radical (unpaired) electrons. The fourth-order valence-corrected chi connectivity index (χ4v) is 5.33. The zero-order valence-corrected chi connectivity index (χ0v) is 13.8. The standard InChI is InChI=1S/C17H24N2O2S/c20-16(15-10-13-4-3-5-14(13)22-15)19-9-6-17(21,12-19)11-18-7-1-2-8-18/h10,21H,1-9,11-12H2/t17-/m0/s1. The summed E-state index contributed by atoms with van der Waals surface area (Å²) in [4.78, 5) is 19.2. The maximum Gasteiger partial charge on any atom is 0.264 e. The van der Waals surface area contributed by atoms with Crippen molar-refractivity contribution in [1.29, 1.82) is 0 Å². The minimum absolute atomic E-state index is 0.122. The monoisotopic (exact) mass is 320 g/mol. The Morgan fingerprint density at radius 1 is 1.23 bits per heavy atom. The number of hydrogen-bond donors (Lipinski definition) is 1. The van der Waals surface area contributed by atoms with Crippen LogP contribution in [0.1, 0.15) is 45.8 Å². The van der Waals surface area contributed by atoms with E-state index in [0.29, 0.717) is 19.5 Å². The molecule has 120 valence electrons. The van der Waals surface area contributed by atoms with Crippen molar-refractivity contribution in [2.24, 2.45) is 0 Å². The van der Waals surface area contributed by atoms with Crippen molar-refractivity contribution < 1.29 is 9.90 Å². The second kappa shape index (κ2) is 5.62. The van der Waals surface area contributed by atoms with Gasteiger partial charge in [-0.05, 0) is 63.2 Å². The van der Waals surface area contributed by atoms with E-state index in [4.69, 9.17) is 0 Å². The summed E-state index contributed by atoms with van der Waals surface area (Å²) in [5.74, 6) is 0.122. The summed E-state index contributed by atoms with van der Waals surface area (Å²) in [6, 6.07) is 2.09. The van der Waals surface area contributed by atoms with Crippen LogP contribution in [-0.2, 0) is 12.8 Å². The second-order valence-corrected chi connectivity index (χ2v) is 8.23. The zero-order chi connectivity index (χ0) is 15.2. The number of aryl methyl sites for hydroxylation is 2. The number of hydrogen-bond acceptors (Lipinski definition) is 4. The second-order valence-electron chi connectivity index (χ2n) is 7.10. The number of thiophene rings is 1. The molecule has 0 aromatic carbocycles. The van der Waals surface area contributed by atoms with Crippen molar-refractivity contribution in [1.82, 2.24) is 9.80 Å². The molecule has 0 bridgehead atoms. The number of amides is 1. The summed E-state index contributed by atoms with van der Waals surface area (Å²) in [5, 5.41) is 10.8. The van der Waals surface area contributed by atoms with E-state index in [9.17, 15) is 9.90 Å². The highest BCUT2D eigenvalue weighted by Crippen LogP contribution is 2.33. The molecule has 1 aromatic rings. The van der Waals surface area contributed by atoms with E-state index >= 15 is 0 Å². The molecule has 0 saturated carbocycles. The van der Waals surface area contributed by atoms with Crippen LogP contribution >= 0.6 is 11.3 Å². The van der Waals surface area contributed by atoms with Crippen LogP contribution in [0, 0.1) is 0 Å². The Morgan fingerprint density at radius 2 is 2.05 bits per heavy atom. The molecule has 0 spiro atoms. The summed E-state index contributed by atoms with van der Waals surface area (Å²) in [6.07, 6.45) is 6.67. The third kappa shape index (κ3) is 2.70. The van der Waals surface area contributed by atoms with Crippen LogP contribution in [0.4, 0.5) is 0 Å². The maximum absolute atomic E-state index is 12.7. The van der Waals surface area contributed by atoms with Gasteiger partial charge in [-0.1, -0.05) is 0 Å². The van der Waals surface area contributed by atoms with Gasteiger partial charge in [0, 0.05) is 18.0 Å². The van der Waals surface area contributed by atoms with Crippen molar-refractivity contribution in [2.75, 3.05) is 32.7 Å². The molecule has 2 fully saturated rings. The van der Waals surface area contributed by atoms with E-state index in [1.54, 1.807) is 11.3 Å². The fourth-order valence-electron chi connectivity index (χ4n) is 4.11. The van der Waals surface area contributed by atoms with E-state index in [1.165, 1.54) is 29.7 Å². The van der Waals surface area contributed by atoms with Gasteiger partial charge in [-0.3, -0.25) is 4.79 Å². The van der Waals surface area contributed by atoms with Crippen LogP contribution in [0.2, 0.25) is 0 Å². The smallest absolute Gasteiger partial charge is 0.264 e. The van der Waals surface area contributed by atoms with Crippen LogP contribution in [0.15, 0.2) is 6.07 Å². The fraction of sp³-hybridized carbons (Fsp3) is 0.706. The van der Waals surface area contributed by atoms with Gasteiger partial charge in [0.2, 0.25) is 0 Å². The molecular weight excluding hydrogens is 296 g/mol. The Morgan fingerprint density at radius 3 is 2.82 bits per heavy atom. The summed E-state index contributed by atoms with van der Waals surface area (Å²) >= 11 is 1.67. The van der Waals surface area contributed by atoms with Gasteiger partial charge in [0.05, 0.1) is 17.0 Å². The number of aliphatic hydroxyl groups is 1. The molecule has 3 aliphatic rings. The molecule has 22 heavy (non-hydrogen) atoms.